The summed E-state index contributed by atoms with van der Waals surface area (Å²) in [5.41, 5.74) is 2.93. The molecule has 0 bridgehead atoms. The molecule has 0 fully saturated rings. The molecule has 0 atom stereocenters. The smallest absolute Gasteiger partial charge is 0.336 e. The van der Waals surface area contributed by atoms with Gasteiger partial charge in [0.25, 0.3) is 0 Å². The highest BCUT2D eigenvalue weighted by atomic mass is 16.4. The Morgan fingerprint density at radius 1 is 0.960 bits per heavy atom. The van der Waals surface area contributed by atoms with Crippen molar-refractivity contribution in [2.75, 3.05) is 0 Å². The van der Waals surface area contributed by atoms with E-state index in [9.17, 15) is 15.0 Å². The van der Waals surface area contributed by atoms with Crippen LogP contribution >= 0.6 is 0 Å². The van der Waals surface area contributed by atoms with Gasteiger partial charge in [-0.3, -0.25) is 5.10 Å². The van der Waals surface area contributed by atoms with E-state index in [0.717, 1.165) is 5.56 Å². The number of aromatic carboxylic acids is 1. The maximum atomic E-state index is 11.8. The number of benzene rings is 2. The molecule has 2 heterocycles. The second-order valence-electron chi connectivity index (χ2n) is 5.57. The Labute approximate surface area is 142 Å². The van der Waals surface area contributed by atoms with Crippen LogP contribution < -0.4 is 0 Å². The summed E-state index contributed by atoms with van der Waals surface area (Å²) < 4.78 is 0. The van der Waals surface area contributed by atoms with Crippen molar-refractivity contribution in [2.24, 2.45) is 0 Å². The number of H-pyrrole nitrogens is 1. The van der Waals surface area contributed by atoms with Crippen molar-refractivity contribution in [2.45, 2.75) is 0 Å². The van der Waals surface area contributed by atoms with Crippen LogP contribution in [0.3, 0.4) is 0 Å². The predicted octanol–water partition coefficient (Wildman–Crippen LogP) is 3.70. The summed E-state index contributed by atoms with van der Waals surface area (Å²) in [4.78, 5) is 16.3. The Bertz CT molecular complexity index is 1090. The van der Waals surface area contributed by atoms with E-state index >= 15 is 0 Å². The van der Waals surface area contributed by atoms with Crippen LogP contribution in [0.15, 0.2) is 60.7 Å². The number of aromatic nitrogens is 3. The quantitative estimate of drug-likeness (QED) is 0.531. The molecule has 3 N–H and O–H groups in total. The molecule has 2 aromatic heterocycles. The molecule has 0 spiro atoms. The summed E-state index contributed by atoms with van der Waals surface area (Å²) in [5, 5.41) is 26.9. The number of rotatable bonds is 3. The first-order valence-corrected chi connectivity index (χ1v) is 7.61. The molecular weight excluding hydrogens is 318 g/mol. The average molecular weight is 331 g/mol. The number of carbonyl (C=O) groups is 1. The predicted molar refractivity (Wildman–Crippen MR) is 93.4 cm³/mol. The van der Waals surface area contributed by atoms with E-state index in [4.69, 9.17) is 0 Å². The molecule has 4 aromatic rings. The number of aromatic amines is 1. The van der Waals surface area contributed by atoms with Crippen molar-refractivity contribution in [3.05, 3.63) is 66.2 Å². The van der Waals surface area contributed by atoms with E-state index in [0.29, 0.717) is 28.0 Å². The first-order chi connectivity index (χ1) is 12.1. The van der Waals surface area contributed by atoms with Crippen LogP contribution in [-0.2, 0) is 0 Å². The molecule has 0 aliphatic carbocycles. The zero-order valence-corrected chi connectivity index (χ0v) is 13.0. The largest absolute Gasteiger partial charge is 0.508 e. The number of nitrogens with one attached hydrogen (secondary N) is 1. The van der Waals surface area contributed by atoms with Crippen molar-refractivity contribution in [3.63, 3.8) is 0 Å². The number of nitrogens with zero attached hydrogens (tertiary/aromatic N) is 2. The van der Waals surface area contributed by atoms with Crippen LogP contribution in [0.2, 0.25) is 0 Å². The lowest BCUT2D eigenvalue weighted by Gasteiger charge is -2.06. The standard InChI is InChI=1S/C19H13N3O3/c23-13-8-4-7-12(9-13)15-10-14(19(24)25)16-17(21-22-18(16)20-15)11-5-2-1-3-6-11/h1-10,23H,(H,24,25)(H,20,21,22). The Morgan fingerprint density at radius 3 is 2.44 bits per heavy atom. The third-order valence-corrected chi connectivity index (χ3v) is 3.96. The zero-order valence-electron chi connectivity index (χ0n) is 13.0. The highest BCUT2D eigenvalue weighted by Crippen LogP contribution is 2.31. The first-order valence-electron chi connectivity index (χ1n) is 7.61. The summed E-state index contributed by atoms with van der Waals surface area (Å²) in [7, 11) is 0. The third-order valence-electron chi connectivity index (χ3n) is 3.96. The third kappa shape index (κ3) is 2.59. The first kappa shape index (κ1) is 14.9. The second kappa shape index (κ2) is 5.76. The fraction of sp³-hybridized carbons (Fsp3) is 0. The molecule has 0 unspecified atom stereocenters. The molecule has 4 rings (SSSR count). The van der Waals surface area contributed by atoms with Gasteiger partial charge in [-0.2, -0.15) is 5.10 Å². The van der Waals surface area contributed by atoms with Crippen LogP contribution in [-0.4, -0.2) is 31.4 Å². The van der Waals surface area contributed by atoms with E-state index in [1.807, 2.05) is 30.3 Å². The fourth-order valence-corrected chi connectivity index (χ4v) is 2.82. The van der Waals surface area contributed by atoms with Gasteiger partial charge in [0.1, 0.15) is 5.75 Å². The van der Waals surface area contributed by atoms with E-state index < -0.39 is 5.97 Å². The normalized spacial score (nSPS) is 10.9. The van der Waals surface area contributed by atoms with Gasteiger partial charge in [-0.05, 0) is 18.2 Å². The van der Waals surface area contributed by atoms with Gasteiger partial charge in [0.05, 0.1) is 22.3 Å². The molecule has 0 saturated heterocycles. The number of pyridine rings is 1. The minimum atomic E-state index is -1.06. The lowest BCUT2D eigenvalue weighted by atomic mass is 10.0. The van der Waals surface area contributed by atoms with Gasteiger partial charge in [-0.25, -0.2) is 9.78 Å². The van der Waals surface area contributed by atoms with Crippen LogP contribution in [0.4, 0.5) is 0 Å². The topological polar surface area (TPSA) is 99.1 Å². The second-order valence-corrected chi connectivity index (χ2v) is 5.57. The van der Waals surface area contributed by atoms with Crippen molar-refractivity contribution >= 4 is 17.0 Å². The van der Waals surface area contributed by atoms with Gasteiger partial charge in [0.15, 0.2) is 5.65 Å². The van der Waals surface area contributed by atoms with Gasteiger partial charge in [-0.1, -0.05) is 42.5 Å². The van der Waals surface area contributed by atoms with Gasteiger partial charge in [0, 0.05) is 11.1 Å². The molecule has 0 saturated carbocycles. The number of phenolic OH excluding ortho intramolecular Hbond substituents is 1. The minimum absolute atomic E-state index is 0.0864. The van der Waals surface area contributed by atoms with E-state index in [1.54, 1.807) is 18.2 Å². The maximum absolute atomic E-state index is 11.8. The molecule has 0 aliphatic rings. The Hall–Kier alpha value is -3.67. The maximum Gasteiger partial charge on any atom is 0.336 e. The molecule has 122 valence electrons. The van der Waals surface area contributed by atoms with Gasteiger partial charge < -0.3 is 10.2 Å². The van der Waals surface area contributed by atoms with Crippen molar-refractivity contribution in [1.82, 2.24) is 15.2 Å². The molecule has 6 nitrogen and oxygen atoms in total. The lowest BCUT2D eigenvalue weighted by molar-refractivity contribution is 0.0699. The highest BCUT2D eigenvalue weighted by molar-refractivity contribution is 6.08. The van der Waals surface area contributed by atoms with Crippen LogP contribution in [0.25, 0.3) is 33.5 Å². The summed E-state index contributed by atoms with van der Waals surface area (Å²) >= 11 is 0. The number of hydrogen-bond acceptors (Lipinski definition) is 4. The molecule has 0 radical (unpaired) electrons. The van der Waals surface area contributed by atoms with Gasteiger partial charge >= 0.3 is 5.97 Å². The van der Waals surface area contributed by atoms with Crippen molar-refractivity contribution in [3.8, 4) is 28.3 Å². The number of aromatic hydroxyl groups is 1. The molecular formula is C19H13N3O3. The average Bonchev–Trinajstić information content (AvgIpc) is 3.05. The molecule has 25 heavy (non-hydrogen) atoms. The summed E-state index contributed by atoms with van der Waals surface area (Å²) in [5.74, 6) is -0.976. The number of fused-ring (bicyclic) bond motifs is 1. The summed E-state index contributed by atoms with van der Waals surface area (Å²) in [6, 6.07) is 17.4. The molecule has 0 aliphatic heterocycles. The summed E-state index contributed by atoms with van der Waals surface area (Å²) in [6.07, 6.45) is 0. The number of carboxylic acid groups (broad SMARTS) is 1. The van der Waals surface area contributed by atoms with E-state index in [2.05, 4.69) is 15.2 Å². The Balaban J connectivity index is 1.99. The van der Waals surface area contributed by atoms with Crippen LogP contribution in [0, 0.1) is 0 Å². The van der Waals surface area contributed by atoms with Gasteiger partial charge in [0.2, 0.25) is 0 Å². The lowest BCUT2D eigenvalue weighted by Crippen LogP contribution is -2.00. The van der Waals surface area contributed by atoms with Crippen LogP contribution in [0.1, 0.15) is 10.4 Å². The monoisotopic (exact) mass is 331 g/mol. The highest BCUT2D eigenvalue weighted by Gasteiger charge is 2.19. The van der Waals surface area contributed by atoms with Crippen molar-refractivity contribution < 1.29 is 15.0 Å². The Kier molecular flexibility index (Phi) is 3.43. The Morgan fingerprint density at radius 2 is 1.72 bits per heavy atom. The minimum Gasteiger partial charge on any atom is -0.508 e. The van der Waals surface area contributed by atoms with E-state index in [1.165, 1.54) is 12.1 Å². The van der Waals surface area contributed by atoms with E-state index in [-0.39, 0.29) is 11.3 Å². The number of phenols is 1. The van der Waals surface area contributed by atoms with Crippen LogP contribution in [0.5, 0.6) is 5.75 Å². The number of hydrogen-bond donors (Lipinski definition) is 3. The molecule has 2 aromatic carbocycles. The zero-order chi connectivity index (χ0) is 17.4. The summed E-state index contributed by atoms with van der Waals surface area (Å²) in [6.45, 7) is 0. The SMILES string of the molecule is O=C(O)c1cc(-c2cccc(O)c2)nc2n[nH]c(-c3ccccc3)c12. The van der Waals surface area contributed by atoms with Gasteiger partial charge in [-0.15, -0.1) is 0 Å². The fourth-order valence-electron chi connectivity index (χ4n) is 2.82. The number of carboxylic acids is 1. The van der Waals surface area contributed by atoms with Crippen molar-refractivity contribution in [1.29, 1.82) is 0 Å². The molecule has 6 heteroatoms. The molecule has 0 amide bonds.